The lowest BCUT2D eigenvalue weighted by molar-refractivity contribution is 0.101. The van der Waals surface area contributed by atoms with Gasteiger partial charge in [-0.2, -0.15) is 8.42 Å². The van der Waals surface area contributed by atoms with Gasteiger partial charge in [-0.15, -0.1) is 0 Å². The molecule has 0 radical (unpaired) electrons. The maximum absolute atomic E-state index is 12.4. The van der Waals surface area contributed by atoms with Crippen LogP contribution in [-0.2, 0) is 24.2 Å². The van der Waals surface area contributed by atoms with E-state index in [9.17, 15) is 22.8 Å². The summed E-state index contributed by atoms with van der Waals surface area (Å²) in [6.07, 6.45) is 0.891. The van der Waals surface area contributed by atoms with Gasteiger partial charge in [0.15, 0.2) is 16.4 Å². The summed E-state index contributed by atoms with van der Waals surface area (Å²) in [4.78, 5) is 34.7. The molecule has 2 aromatic rings. The van der Waals surface area contributed by atoms with Crippen LogP contribution in [0.15, 0.2) is 38.9 Å². The number of Topliss-reactive ketones (excluding diaryl/α,β-unsaturated/α-hetero) is 1. The van der Waals surface area contributed by atoms with Crippen LogP contribution in [0.4, 0.5) is 0 Å². The third-order valence-corrected chi connectivity index (χ3v) is 4.62. The number of aromatic nitrogens is 2. The van der Waals surface area contributed by atoms with Gasteiger partial charge in [-0.25, -0.2) is 4.79 Å². The molecule has 9 heteroatoms. The molecule has 0 spiro atoms. The lowest BCUT2D eigenvalue weighted by Crippen LogP contribution is -2.39. The Hall–Kier alpha value is -2.68. The van der Waals surface area contributed by atoms with Crippen molar-refractivity contribution in [3.8, 4) is 5.75 Å². The Morgan fingerprint density at radius 2 is 1.79 bits per heavy atom. The largest absolute Gasteiger partial charge is 0.378 e. The van der Waals surface area contributed by atoms with E-state index in [1.165, 1.54) is 26.1 Å². The van der Waals surface area contributed by atoms with Crippen LogP contribution in [0.2, 0.25) is 0 Å². The highest BCUT2D eigenvalue weighted by Crippen LogP contribution is 2.23. The van der Waals surface area contributed by atoms with Crippen molar-refractivity contribution >= 4 is 15.9 Å². The third kappa shape index (κ3) is 3.16. The van der Waals surface area contributed by atoms with E-state index < -0.39 is 26.3 Å². The number of hydrogen-bond acceptors (Lipinski definition) is 6. The molecule has 0 saturated carbocycles. The maximum Gasteiger partial charge on any atom is 0.346 e. The highest BCUT2D eigenvalue weighted by molar-refractivity contribution is 7.87. The Labute approximate surface area is 138 Å². The van der Waals surface area contributed by atoms with E-state index in [1.54, 1.807) is 13.0 Å². The number of benzene rings is 1. The van der Waals surface area contributed by atoms with Crippen LogP contribution in [-0.4, -0.2) is 23.3 Å². The molecule has 0 aliphatic rings. The molecule has 0 aliphatic heterocycles. The highest BCUT2D eigenvalue weighted by atomic mass is 32.2. The molecule has 0 saturated heterocycles. The van der Waals surface area contributed by atoms with Crippen molar-refractivity contribution in [2.24, 2.45) is 14.1 Å². The zero-order valence-electron chi connectivity index (χ0n) is 13.6. The molecule has 1 aromatic heterocycles. The summed E-state index contributed by atoms with van der Waals surface area (Å²) in [5.41, 5.74) is -0.837. The van der Waals surface area contributed by atoms with E-state index in [0.717, 1.165) is 23.4 Å². The molecule has 0 amide bonds. The van der Waals surface area contributed by atoms with Crippen molar-refractivity contribution in [1.82, 2.24) is 9.13 Å². The first kappa shape index (κ1) is 17.7. The second-order valence-corrected chi connectivity index (χ2v) is 6.86. The molecular formula is C15H16N2O6S. The summed E-state index contributed by atoms with van der Waals surface area (Å²) in [6.45, 7) is 3.02. The maximum atomic E-state index is 12.4. The third-order valence-electron chi connectivity index (χ3n) is 3.40. The number of rotatable bonds is 4. The second-order valence-electron chi connectivity index (χ2n) is 5.34. The second kappa shape index (κ2) is 6.08. The number of hydrogen-bond donors (Lipinski definition) is 0. The van der Waals surface area contributed by atoms with Crippen LogP contribution < -0.4 is 15.4 Å². The zero-order chi connectivity index (χ0) is 18.2. The predicted octanol–water partition coefficient (Wildman–Crippen LogP) is 0.363. The summed E-state index contributed by atoms with van der Waals surface area (Å²) in [7, 11) is -2.04. The van der Waals surface area contributed by atoms with Crippen LogP contribution in [0.1, 0.15) is 22.8 Å². The minimum Gasteiger partial charge on any atom is -0.378 e. The lowest BCUT2D eigenvalue weighted by Gasteiger charge is -2.11. The number of ketones is 1. The predicted molar refractivity (Wildman–Crippen MR) is 85.9 cm³/mol. The highest BCUT2D eigenvalue weighted by Gasteiger charge is 2.25. The molecule has 0 atom stereocenters. The Kier molecular flexibility index (Phi) is 4.48. The Morgan fingerprint density at radius 3 is 2.38 bits per heavy atom. The smallest absolute Gasteiger partial charge is 0.346 e. The summed E-state index contributed by atoms with van der Waals surface area (Å²) >= 11 is 0. The summed E-state index contributed by atoms with van der Waals surface area (Å²) in [6, 6.07) is 4.41. The average molecular weight is 352 g/mol. The standard InChI is InChI=1S/C15H16N2O6S/c1-9-5-6-12(11(7-9)10(2)18)23-24(21,22)13-8-16(3)15(20)17(4)14(13)19/h5-8H,1-4H3. The summed E-state index contributed by atoms with van der Waals surface area (Å²) in [5.74, 6) is -0.554. The van der Waals surface area contributed by atoms with Crippen LogP contribution in [0, 0.1) is 6.92 Å². The molecule has 0 bridgehead atoms. The molecule has 128 valence electrons. The van der Waals surface area contributed by atoms with Gasteiger partial charge in [0.2, 0.25) is 0 Å². The van der Waals surface area contributed by atoms with Crippen LogP contribution in [0.3, 0.4) is 0 Å². The topological polar surface area (TPSA) is 104 Å². The zero-order valence-corrected chi connectivity index (χ0v) is 14.4. The van der Waals surface area contributed by atoms with Gasteiger partial charge >= 0.3 is 15.8 Å². The molecule has 8 nitrogen and oxygen atoms in total. The summed E-state index contributed by atoms with van der Waals surface area (Å²) in [5, 5.41) is 0. The van der Waals surface area contributed by atoms with Crippen molar-refractivity contribution in [2.75, 3.05) is 0 Å². The molecule has 1 heterocycles. The number of carbonyl (C=O) groups is 1. The molecule has 0 unspecified atom stereocenters. The molecule has 1 aromatic carbocycles. The van der Waals surface area contributed by atoms with Gasteiger partial charge in [0.05, 0.1) is 5.56 Å². The normalized spacial score (nSPS) is 11.3. The van der Waals surface area contributed by atoms with Crippen LogP contribution in [0.25, 0.3) is 0 Å². The lowest BCUT2D eigenvalue weighted by atomic mass is 10.1. The first-order valence-corrected chi connectivity index (χ1v) is 8.28. The van der Waals surface area contributed by atoms with Crippen LogP contribution >= 0.6 is 0 Å². The Balaban J connectivity index is 2.62. The number of carbonyl (C=O) groups excluding carboxylic acids is 1. The van der Waals surface area contributed by atoms with Gasteiger partial charge in [-0.1, -0.05) is 11.6 Å². The monoisotopic (exact) mass is 352 g/mol. The van der Waals surface area contributed by atoms with Gasteiger partial charge in [-0.3, -0.25) is 14.2 Å². The van der Waals surface area contributed by atoms with Gasteiger partial charge in [0.1, 0.15) is 0 Å². The average Bonchev–Trinajstić information content (AvgIpc) is 2.50. The van der Waals surface area contributed by atoms with Gasteiger partial charge in [0, 0.05) is 20.3 Å². The first-order valence-electron chi connectivity index (χ1n) is 6.87. The molecule has 0 fully saturated rings. The van der Waals surface area contributed by atoms with Crippen molar-refractivity contribution in [3.63, 3.8) is 0 Å². The molecule has 2 rings (SSSR count). The molecular weight excluding hydrogens is 336 g/mol. The quantitative estimate of drug-likeness (QED) is 0.581. The molecule has 0 N–H and O–H groups in total. The van der Waals surface area contributed by atoms with Crippen molar-refractivity contribution in [1.29, 1.82) is 0 Å². The minimum absolute atomic E-state index is 0.0835. The first-order chi connectivity index (χ1) is 11.0. The fourth-order valence-corrected chi connectivity index (χ4v) is 3.21. The fraction of sp³-hybridized carbons (Fsp3) is 0.267. The van der Waals surface area contributed by atoms with Crippen molar-refractivity contribution in [3.05, 3.63) is 56.4 Å². The van der Waals surface area contributed by atoms with E-state index in [-0.39, 0.29) is 17.1 Å². The number of aryl methyl sites for hydroxylation is 2. The van der Waals surface area contributed by atoms with Gasteiger partial charge in [0.25, 0.3) is 5.56 Å². The van der Waals surface area contributed by atoms with Crippen molar-refractivity contribution < 1.29 is 17.4 Å². The molecule has 24 heavy (non-hydrogen) atoms. The van der Waals surface area contributed by atoms with E-state index in [4.69, 9.17) is 4.18 Å². The SMILES string of the molecule is CC(=O)c1cc(C)ccc1OS(=O)(=O)c1cn(C)c(=O)n(C)c1=O. The minimum atomic E-state index is -4.52. The van der Waals surface area contributed by atoms with Crippen LogP contribution in [0.5, 0.6) is 5.75 Å². The van der Waals surface area contributed by atoms with Gasteiger partial charge in [-0.05, 0) is 26.0 Å². The van der Waals surface area contributed by atoms with E-state index >= 15 is 0 Å². The van der Waals surface area contributed by atoms with Crippen molar-refractivity contribution in [2.45, 2.75) is 18.7 Å². The molecule has 0 aliphatic carbocycles. The Morgan fingerprint density at radius 1 is 1.17 bits per heavy atom. The van der Waals surface area contributed by atoms with E-state index in [2.05, 4.69) is 0 Å². The number of nitrogens with zero attached hydrogens (tertiary/aromatic N) is 2. The fourth-order valence-electron chi connectivity index (χ4n) is 2.10. The van der Waals surface area contributed by atoms with E-state index in [1.807, 2.05) is 0 Å². The Bertz CT molecular complexity index is 1050. The van der Waals surface area contributed by atoms with Gasteiger partial charge < -0.3 is 8.75 Å². The van der Waals surface area contributed by atoms with E-state index in [0.29, 0.717) is 4.57 Å². The summed E-state index contributed by atoms with van der Waals surface area (Å²) < 4.78 is 31.5.